The average molecular weight is 353 g/mol. The predicted octanol–water partition coefficient (Wildman–Crippen LogP) is 1.37. The first-order valence-corrected chi connectivity index (χ1v) is 8.64. The molecular weight excluding hydrogens is 330 g/mol. The zero-order chi connectivity index (χ0) is 18.5. The molecule has 0 saturated carbocycles. The maximum absolute atomic E-state index is 12.9. The highest BCUT2D eigenvalue weighted by Gasteiger charge is 2.35. The van der Waals surface area contributed by atoms with E-state index >= 15 is 0 Å². The average Bonchev–Trinajstić information content (AvgIpc) is 3.11. The van der Waals surface area contributed by atoms with Crippen LogP contribution in [-0.4, -0.2) is 43.0 Å². The summed E-state index contributed by atoms with van der Waals surface area (Å²) in [6.45, 7) is 1.58. The van der Waals surface area contributed by atoms with Gasteiger partial charge in [0.2, 0.25) is 0 Å². The zero-order valence-corrected chi connectivity index (χ0v) is 14.5. The molecule has 1 heterocycles. The van der Waals surface area contributed by atoms with Crippen molar-refractivity contribution in [2.24, 2.45) is 17.4 Å². The molecule has 6 nitrogen and oxygen atoms in total. The summed E-state index contributed by atoms with van der Waals surface area (Å²) in [6, 6.07) is 17.0. The number of hydrogen-bond acceptors (Lipinski definition) is 4. The quantitative estimate of drug-likeness (QED) is 0.819. The Labute approximate surface area is 152 Å². The number of ether oxygens (including phenoxy) is 1. The van der Waals surface area contributed by atoms with Gasteiger partial charge in [0.1, 0.15) is 5.75 Å². The van der Waals surface area contributed by atoms with Gasteiger partial charge in [-0.05, 0) is 36.2 Å². The van der Waals surface area contributed by atoms with E-state index in [2.05, 4.69) is 12.1 Å². The molecule has 0 aliphatic carbocycles. The first-order chi connectivity index (χ1) is 12.6. The molecule has 0 radical (unpaired) electrons. The smallest absolute Gasteiger partial charge is 0.255 e. The fourth-order valence-electron chi connectivity index (χ4n) is 3.41. The van der Waals surface area contributed by atoms with E-state index in [1.54, 1.807) is 24.3 Å². The molecule has 4 N–H and O–H groups in total. The third kappa shape index (κ3) is 4.03. The molecule has 1 aliphatic heterocycles. The van der Waals surface area contributed by atoms with Crippen molar-refractivity contribution in [1.29, 1.82) is 0 Å². The maximum Gasteiger partial charge on any atom is 0.255 e. The van der Waals surface area contributed by atoms with Gasteiger partial charge >= 0.3 is 0 Å². The van der Waals surface area contributed by atoms with Crippen LogP contribution in [0, 0.1) is 5.92 Å². The summed E-state index contributed by atoms with van der Waals surface area (Å²) in [4.78, 5) is 25.6. The molecule has 2 amide bonds. The molecular formula is C20H23N3O3. The molecule has 0 bridgehead atoms. The summed E-state index contributed by atoms with van der Waals surface area (Å²) >= 11 is 0. The highest BCUT2D eigenvalue weighted by atomic mass is 16.5. The molecule has 2 atom stereocenters. The van der Waals surface area contributed by atoms with Crippen LogP contribution in [0.5, 0.6) is 5.75 Å². The zero-order valence-electron chi connectivity index (χ0n) is 14.5. The fourth-order valence-corrected chi connectivity index (χ4v) is 3.41. The van der Waals surface area contributed by atoms with Crippen LogP contribution in [-0.2, 0) is 4.79 Å². The van der Waals surface area contributed by atoms with Crippen molar-refractivity contribution >= 4 is 11.8 Å². The van der Waals surface area contributed by atoms with E-state index in [1.807, 2.05) is 23.1 Å². The Morgan fingerprint density at radius 1 is 1.08 bits per heavy atom. The lowest BCUT2D eigenvalue weighted by Gasteiger charge is -2.17. The van der Waals surface area contributed by atoms with E-state index in [4.69, 9.17) is 16.2 Å². The number of rotatable bonds is 6. The van der Waals surface area contributed by atoms with E-state index in [0.717, 1.165) is 0 Å². The lowest BCUT2D eigenvalue weighted by molar-refractivity contribution is -0.119. The maximum atomic E-state index is 12.9. The fraction of sp³-hybridized carbons (Fsp3) is 0.300. The van der Waals surface area contributed by atoms with E-state index in [9.17, 15) is 9.59 Å². The van der Waals surface area contributed by atoms with Crippen molar-refractivity contribution in [3.05, 3.63) is 65.7 Å². The van der Waals surface area contributed by atoms with E-state index in [1.165, 1.54) is 5.56 Å². The second-order valence-electron chi connectivity index (χ2n) is 6.51. The minimum atomic E-state index is -0.558. The Kier molecular flexibility index (Phi) is 5.53. The third-order valence-electron chi connectivity index (χ3n) is 4.72. The lowest BCUT2D eigenvalue weighted by atomic mass is 9.89. The molecule has 2 aromatic carbocycles. The van der Waals surface area contributed by atoms with Gasteiger partial charge < -0.3 is 21.1 Å². The number of carbonyl (C=O) groups excluding carboxylic acids is 2. The van der Waals surface area contributed by atoms with Gasteiger partial charge in [-0.2, -0.15) is 0 Å². The predicted molar refractivity (Wildman–Crippen MR) is 98.8 cm³/mol. The lowest BCUT2D eigenvalue weighted by Crippen LogP contribution is -2.29. The largest absolute Gasteiger partial charge is 0.484 e. The number of nitrogens with zero attached hydrogens (tertiary/aromatic N) is 1. The molecule has 1 fully saturated rings. The van der Waals surface area contributed by atoms with Gasteiger partial charge in [-0.1, -0.05) is 36.4 Å². The van der Waals surface area contributed by atoms with Crippen LogP contribution >= 0.6 is 0 Å². The first-order valence-electron chi connectivity index (χ1n) is 8.64. The SMILES string of the molecule is NC[C@@H]1CN(C(=O)c2cccc(OCC(N)=O)c2)C[C@H]1c1ccccc1. The van der Waals surface area contributed by atoms with Gasteiger partial charge in [-0.15, -0.1) is 0 Å². The molecule has 0 aromatic heterocycles. The Bertz CT molecular complexity index is 779. The number of hydrogen-bond donors (Lipinski definition) is 2. The summed E-state index contributed by atoms with van der Waals surface area (Å²) < 4.78 is 5.29. The summed E-state index contributed by atoms with van der Waals surface area (Å²) in [5.41, 5.74) is 12.8. The van der Waals surface area contributed by atoms with Gasteiger partial charge in [0.15, 0.2) is 6.61 Å². The third-order valence-corrected chi connectivity index (χ3v) is 4.72. The summed E-state index contributed by atoms with van der Waals surface area (Å²) in [5, 5.41) is 0. The Morgan fingerprint density at radius 2 is 1.85 bits per heavy atom. The monoisotopic (exact) mass is 353 g/mol. The molecule has 0 spiro atoms. The van der Waals surface area contributed by atoms with Crippen LogP contribution in [0.2, 0.25) is 0 Å². The van der Waals surface area contributed by atoms with Gasteiger partial charge in [0, 0.05) is 24.6 Å². The number of amides is 2. The van der Waals surface area contributed by atoms with Gasteiger partial charge in [0.25, 0.3) is 11.8 Å². The van der Waals surface area contributed by atoms with Crippen molar-refractivity contribution in [1.82, 2.24) is 4.90 Å². The second kappa shape index (κ2) is 8.01. The van der Waals surface area contributed by atoms with Crippen LogP contribution in [0.15, 0.2) is 54.6 Å². The van der Waals surface area contributed by atoms with Crippen LogP contribution in [0.25, 0.3) is 0 Å². The highest BCUT2D eigenvalue weighted by Crippen LogP contribution is 2.33. The van der Waals surface area contributed by atoms with E-state index in [-0.39, 0.29) is 24.3 Å². The Hall–Kier alpha value is -2.86. The molecule has 1 saturated heterocycles. The summed E-state index contributed by atoms with van der Waals surface area (Å²) in [6.07, 6.45) is 0. The van der Waals surface area contributed by atoms with Crippen molar-refractivity contribution in [3.63, 3.8) is 0 Å². The molecule has 136 valence electrons. The number of likely N-dealkylation sites (tertiary alicyclic amines) is 1. The van der Waals surface area contributed by atoms with Crippen LogP contribution < -0.4 is 16.2 Å². The minimum Gasteiger partial charge on any atom is -0.484 e. The minimum absolute atomic E-state index is 0.0635. The highest BCUT2D eigenvalue weighted by molar-refractivity contribution is 5.95. The van der Waals surface area contributed by atoms with E-state index in [0.29, 0.717) is 30.9 Å². The standard InChI is InChI=1S/C20H23N3O3/c21-10-16-11-23(12-18(16)14-5-2-1-3-6-14)20(25)15-7-4-8-17(9-15)26-13-19(22)24/h1-9,16,18H,10-13,21H2,(H2,22,24)/t16-,18+/m1/s1. The van der Waals surface area contributed by atoms with Crippen molar-refractivity contribution in [2.75, 3.05) is 26.2 Å². The van der Waals surface area contributed by atoms with Gasteiger partial charge in [-0.25, -0.2) is 0 Å². The second-order valence-corrected chi connectivity index (χ2v) is 6.51. The van der Waals surface area contributed by atoms with Crippen LogP contribution in [0.3, 0.4) is 0 Å². The summed E-state index contributed by atoms with van der Waals surface area (Å²) in [7, 11) is 0. The van der Waals surface area contributed by atoms with E-state index < -0.39 is 5.91 Å². The molecule has 26 heavy (non-hydrogen) atoms. The molecule has 6 heteroatoms. The van der Waals surface area contributed by atoms with Crippen molar-refractivity contribution < 1.29 is 14.3 Å². The molecule has 2 aromatic rings. The van der Waals surface area contributed by atoms with Crippen LogP contribution in [0.4, 0.5) is 0 Å². The normalized spacial score (nSPS) is 19.3. The van der Waals surface area contributed by atoms with Crippen LogP contribution in [0.1, 0.15) is 21.8 Å². The summed E-state index contributed by atoms with van der Waals surface area (Å²) in [5.74, 6) is 0.295. The number of benzene rings is 2. The molecule has 3 rings (SSSR count). The molecule has 0 unspecified atom stereocenters. The Morgan fingerprint density at radius 3 is 2.54 bits per heavy atom. The van der Waals surface area contributed by atoms with Gasteiger partial charge in [0.05, 0.1) is 0 Å². The topological polar surface area (TPSA) is 98.7 Å². The number of nitrogens with two attached hydrogens (primary N) is 2. The number of primary amides is 1. The Balaban J connectivity index is 1.74. The van der Waals surface area contributed by atoms with Gasteiger partial charge in [-0.3, -0.25) is 9.59 Å². The number of carbonyl (C=O) groups is 2. The first kappa shape index (κ1) is 17.9. The van der Waals surface area contributed by atoms with Crippen molar-refractivity contribution in [3.8, 4) is 5.75 Å². The van der Waals surface area contributed by atoms with Crippen molar-refractivity contribution in [2.45, 2.75) is 5.92 Å². The molecule has 1 aliphatic rings.